The minimum atomic E-state index is -0.116. The van der Waals surface area contributed by atoms with Crippen LogP contribution < -0.4 is 5.32 Å². The van der Waals surface area contributed by atoms with Crippen molar-refractivity contribution in [3.63, 3.8) is 0 Å². The maximum absolute atomic E-state index is 12.9. The van der Waals surface area contributed by atoms with Gasteiger partial charge in [-0.05, 0) is 80.2 Å². The van der Waals surface area contributed by atoms with Crippen LogP contribution in [0.1, 0.15) is 59.2 Å². The van der Waals surface area contributed by atoms with Gasteiger partial charge >= 0.3 is 0 Å². The Morgan fingerprint density at radius 2 is 1.88 bits per heavy atom. The molecule has 176 valence electrons. The number of amides is 1. The number of aryl methyl sites for hydroxylation is 1. The van der Waals surface area contributed by atoms with Crippen molar-refractivity contribution in [3.05, 3.63) is 77.0 Å². The number of anilines is 1. The van der Waals surface area contributed by atoms with Crippen molar-refractivity contribution in [1.29, 1.82) is 0 Å². The Kier molecular flexibility index (Phi) is 7.23. The highest BCUT2D eigenvalue weighted by molar-refractivity contribution is 8.10. The first kappa shape index (κ1) is 23.4. The van der Waals surface area contributed by atoms with Gasteiger partial charge in [0.15, 0.2) is 0 Å². The molecule has 5 rings (SSSR count). The van der Waals surface area contributed by atoms with Crippen LogP contribution in [0.25, 0.3) is 15.8 Å². The van der Waals surface area contributed by atoms with E-state index in [0.29, 0.717) is 5.56 Å². The zero-order valence-corrected chi connectivity index (χ0v) is 21.1. The van der Waals surface area contributed by atoms with Gasteiger partial charge in [-0.3, -0.25) is 14.7 Å². The molecule has 0 radical (unpaired) electrons. The molecule has 2 aromatic carbocycles. The van der Waals surface area contributed by atoms with Crippen molar-refractivity contribution in [1.82, 2.24) is 9.88 Å². The number of nitrogens with one attached hydrogen (secondary N) is 1. The number of hydrogen-bond donors (Lipinski definition) is 1. The van der Waals surface area contributed by atoms with Gasteiger partial charge < -0.3 is 5.32 Å². The third-order valence-electron chi connectivity index (χ3n) is 6.69. The van der Waals surface area contributed by atoms with Crippen LogP contribution in [0, 0.1) is 6.92 Å². The number of fused-ring (bicyclic) bond motifs is 1. The third kappa shape index (κ3) is 5.32. The molecule has 3 aromatic rings. The summed E-state index contributed by atoms with van der Waals surface area (Å²) in [4.78, 5) is 21.4. The Morgan fingerprint density at radius 3 is 2.59 bits per heavy atom. The predicted molar refractivity (Wildman–Crippen MR) is 144 cm³/mol. The Bertz CT molecular complexity index is 1220. The molecule has 1 aromatic heterocycles. The summed E-state index contributed by atoms with van der Waals surface area (Å²) in [5, 5.41) is 4.19. The van der Waals surface area contributed by atoms with Crippen LogP contribution >= 0.6 is 23.4 Å². The van der Waals surface area contributed by atoms with E-state index < -0.39 is 0 Å². The number of thioether (sulfide) groups is 1. The third-order valence-corrected chi connectivity index (χ3v) is 8.24. The monoisotopic (exact) mass is 491 g/mol. The van der Waals surface area contributed by atoms with E-state index in [1.165, 1.54) is 49.2 Å². The standard InChI is InChI=1S/C28H30ClN3OS/c1-19-24(31-28(33)22-8-6-21(7-9-22)25-12-13-26(29)34-25)11-10-23-16-20(17-30-27(19)23)18-32-14-4-2-3-5-15-32/h6-12,16-17,26H,2-5,13-15,18H2,1H3,(H,31,33). The van der Waals surface area contributed by atoms with Gasteiger partial charge in [-0.15, -0.1) is 23.4 Å². The minimum absolute atomic E-state index is 0.105. The Labute approximate surface area is 210 Å². The molecule has 2 aliphatic heterocycles. The van der Waals surface area contributed by atoms with E-state index in [4.69, 9.17) is 16.6 Å². The van der Waals surface area contributed by atoms with Crippen LogP contribution in [-0.2, 0) is 6.54 Å². The van der Waals surface area contributed by atoms with E-state index in [0.717, 1.165) is 40.7 Å². The van der Waals surface area contributed by atoms with Gasteiger partial charge in [0.05, 0.1) is 10.2 Å². The second-order valence-corrected chi connectivity index (χ2v) is 11.2. The molecule has 0 bridgehead atoms. The zero-order valence-electron chi connectivity index (χ0n) is 19.5. The Balaban J connectivity index is 1.28. The number of hydrogen-bond acceptors (Lipinski definition) is 4. The summed E-state index contributed by atoms with van der Waals surface area (Å²) in [7, 11) is 0. The molecule has 34 heavy (non-hydrogen) atoms. The number of nitrogens with zero attached hydrogens (tertiary/aromatic N) is 2. The second kappa shape index (κ2) is 10.5. The fraction of sp³-hybridized carbons (Fsp3) is 0.357. The van der Waals surface area contributed by atoms with Gasteiger partial charge in [-0.25, -0.2) is 0 Å². The number of alkyl halides is 1. The summed E-state index contributed by atoms with van der Waals surface area (Å²) in [6.45, 7) is 5.33. The lowest BCUT2D eigenvalue weighted by Crippen LogP contribution is -2.24. The van der Waals surface area contributed by atoms with Gasteiger partial charge in [0.1, 0.15) is 0 Å². The lowest BCUT2D eigenvalue weighted by atomic mass is 10.1. The maximum atomic E-state index is 12.9. The molecule has 6 heteroatoms. The molecule has 0 spiro atoms. The summed E-state index contributed by atoms with van der Waals surface area (Å²) in [5.74, 6) is -0.116. The van der Waals surface area contributed by atoms with E-state index >= 15 is 0 Å². The molecule has 1 N–H and O–H groups in total. The number of aromatic nitrogens is 1. The van der Waals surface area contributed by atoms with E-state index in [-0.39, 0.29) is 10.6 Å². The molecule has 1 saturated heterocycles. The largest absolute Gasteiger partial charge is 0.322 e. The number of pyridine rings is 1. The van der Waals surface area contributed by atoms with Crippen LogP contribution in [0.4, 0.5) is 5.69 Å². The normalized spacial score (nSPS) is 19.1. The van der Waals surface area contributed by atoms with Crippen molar-refractivity contribution in [3.8, 4) is 0 Å². The number of carbonyl (C=O) groups excluding carboxylic acids is 1. The average Bonchev–Trinajstić information content (AvgIpc) is 3.12. The number of benzene rings is 2. The van der Waals surface area contributed by atoms with Crippen molar-refractivity contribution < 1.29 is 4.79 Å². The topological polar surface area (TPSA) is 45.2 Å². The molecule has 0 saturated carbocycles. The van der Waals surface area contributed by atoms with Gasteiger partial charge in [-0.1, -0.05) is 37.1 Å². The molecule has 4 nitrogen and oxygen atoms in total. The molecule has 0 aliphatic carbocycles. The lowest BCUT2D eigenvalue weighted by molar-refractivity contribution is 0.102. The second-order valence-electron chi connectivity index (χ2n) is 9.21. The van der Waals surface area contributed by atoms with Gasteiger partial charge in [0.25, 0.3) is 5.91 Å². The van der Waals surface area contributed by atoms with Crippen molar-refractivity contribution in [2.75, 3.05) is 18.4 Å². The summed E-state index contributed by atoms with van der Waals surface area (Å²) < 4.78 is 0.105. The Hall–Kier alpha value is -2.34. The van der Waals surface area contributed by atoms with Crippen molar-refractivity contribution in [2.24, 2.45) is 0 Å². The highest BCUT2D eigenvalue weighted by Gasteiger charge is 2.17. The predicted octanol–water partition coefficient (Wildman–Crippen LogP) is 7.21. The molecule has 3 heterocycles. The molecule has 1 atom stereocenters. The fourth-order valence-corrected chi connectivity index (χ4v) is 6.08. The lowest BCUT2D eigenvalue weighted by Gasteiger charge is -2.20. The molecule has 1 fully saturated rings. The molecule has 1 unspecified atom stereocenters. The van der Waals surface area contributed by atoms with Gasteiger partial charge in [-0.2, -0.15) is 0 Å². The first-order valence-electron chi connectivity index (χ1n) is 12.1. The molecule has 1 amide bonds. The van der Waals surface area contributed by atoms with E-state index in [1.807, 2.05) is 43.5 Å². The fourth-order valence-electron chi connectivity index (χ4n) is 4.77. The first-order chi connectivity index (χ1) is 16.6. The van der Waals surface area contributed by atoms with Gasteiger partial charge in [0, 0.05) is 34.3 Å². The van der Waals surface area contributed by atoms with Crippen LogP contribution in [0.3, 0.4) is 0 Å². The quantitative estimate of drug-likeness (QED) is 0.383. The summed E-state index contributed by atoms with van der Waals surface area (Å²) in [6.07, 6.45) is 10.3. The highest BCUT2D eigenvalue weighted by atomic mass is 35.5. The van der Waals surface area contributed by atoms with E-state index in [2.05, 4.69) is 28.4 Å². The summed E-state index contributed by atoms with van der Waals surface area (Å²) >= 11 is 7.85. The average molecular weight is 492 g/mol. The molecule has 2 aliphatic rings. The number of allylic oxidation sites excluding steroid dienone is 1. The van der Waals surface area contributed by atoms with Crippen molar-refractivity contribution in [2.45, 2.75) is 50.3 Å². The van der Waals surface area contributed by atoms with E-state index in [1.54, 1.807) is 11.8 Å². The summed E-state index contributed by atoms with van der Waals surface area (Å²) in [5.41, 5.74) is 5.72. The van der Waals surface area contributed by atoms with Crippen LogP contribution in [0.15, 0.2) is 54.7 Å². The van der Waals surface area contributed by atoms with E-state index in [9.17, 15) is 4.79 Å². The first-order valence-corrected chi connectivity index (χ1v) is 13.4. The van der Waals surface area contributed by atoms with Crippen molar-refractivity contribution >= 4 is 50.8 Å². The minimum Gasteiger partial charge on any atom is -0.322 e. The summed E-state index contributed by atoms with van der Waals surface area (Å²) in [6, 6.07) is 14.0. The number of carbonyl (C=O) groups is 1. The number of halogens is 1. The number of rotatable bonds is 5. The van der Waals surface area contributed by atoms with Crippen LogP contribution in [0.2, 0.25) is 0 Å². The zero-order chi connectivity index (χ0) is 23.5. The molecular weight excluding hydrogens is 462 g/mol. The molecular formula is C28H30ClN3OS. The maximum Gasteiger partial charge on any atom is 0.255 e. The highest BCUT2D eigenvalue weighted by Crippen LogP contribution is 2.41. The van der Waals surface area contributed by atoms with Crippen LogP contribution in [0.5, 0.6) is 0 Å². The Morgan fingerprint density at radius 1 is 1.12 bits per heavy atom. The van der Waals surface area contributed by atoms with Gasteiger partial charge in [0.2, 0.25) is 0 Å². The smallest absolute Gasteiger partial charge is 0.255 e. The number of likely N-dealkylation sites (tertiary alicyclic amines) is 1. The van der Waals surface area contributed by atoms with Crippen LogP contribution in [-0.4, -0.2) is 33.6 Å². The SMILES string of the molecule is Cc1c(NC(=O)c2ccc(C3=CCC(Cl)S3)cc2)ccc2cc(CN3CCCCCC3)cnc12.